The highest BCUT2D eigenvalue weighted by molar-refractivity contribution is 5.87. The second kappa shape index (κ2) is 7.86. The molecule has 2 aromatic rings. The summed E-state index contributed by atoms with van der Waals surface area (Å²) in [5.74, 6) is 0.0631. The minimum Gasteiger partial charge on any atom is -0.507 e. The first-order valence-electron chi connectivity index (χ1n) is 5.96. The number of aromatic hydroxyl groups is 1. The second-order valence-corrected chi connectivity index (χ2v) is 2.41. The van der Waals surface area contributed by atoms with E-state index in [9.17, 15) is 5.11 Å². The molecule has 0 aliphatic rings. The van der Waals surface area contributed by atoms with Gasteiger partial charge in [0.2, 0.25) is 0 Å². The van der Waals surface area contributed by atoms with E-state index in [0.29, 0.717) is 0 Å². The topological polar surface area (TPSA) is 20.2 Å². The number of hydrogen-bond donors (Lipinski definition) is 1. The monoisotopic (exact) mass is 205 g/mol. The quantitative estimate of drug-likeness (QED) is 0.666. The molecule has 0 radical (unpaired) electrons. The van der Waals surface area contributed by atoms with Gasteiger partial charge in [-0.3, -0.25) is 0 Å². The molecule has 2 rings (SSSR count). The Kier molecular flexibility index (Phi) is 6.07. The van der Waals surface area contributed by atoms with Crippen LogP contribution in [0.1, 0.15) is 29.1 Å². The zero-order chi connectivity index (χ0) is 12.6. The zero-order valence-corrected chi connectivity index (χ0v) is 9.91. The minimum atomic E-state index is 0.0631. The molecule has 0 saturated carbocycles. The molecule has 0 aromatic heterocycles. The lowest BCUT2D eigenvalue weighted by molar-refractivity contribution is 0.481. The van der Waals surface area contributed by atoms with E-state index in [0.717, 1.165) is 10.8 Å². The van der Waals surface area contributed by atoms with Crippen LogP contribution in [0, 0.1) is 0 Å². The highest BCUT2D eigenvalue weighted by Crippen LogP contribution is 2.22. The molecule has 0 spiro atoms. The lowest BCUT2D eigenvalue weighted by Crippen LogP contribution is -1.70. The second-order valence-electron chi connectivity index (χ2n) is 2.41. The van der Waals surface area contributed by atoms with Gasteiger partial charge >= 0.3 is 0 Å². The van der Waals surface area contributed by atoms with E-state index < -0.39 is 0 Å². The summed E-state index contributed by atoms with van der Waals surface area (Å²) in [5.41, 5.74) is 0. The van der Waals surface area contributed by atoms with Gasteiger partial charge in [-0.1, -0.05) is 64.1 Å². The summed E-state index contributed by atoms with van der Waals surface area (Å²) in [6.07, 6.45) is 0. The van der Waals surface area contributed by atoms with E-state index in [-0.39, 0.29) is 11.8 Å². The summed E-state index contributed by atoms with van der Waals surface area (Å²) >= 11 is 0. The van der Waals surface area contributed by atoms with Crippen LogP contribution in [-0.2, 0) is 0 Å². The van der Waals surface area contributed by atoms with Crippen molar-refractivity contribution in [2.45, 2.75) is 27.7 Å². The number of hydrogen-bond acceptors (Lipinski definition) is 1. The molecule has 0 atom stereocenters. The molecule has 0 bridgehead atoms. The molecule has 0 saturated heterocycles. The summed E-state index contributed by atoms with van der Waals surface area (Å²) in [7, 11) is 0. The molecule has 82 valence electrons. The van der Waals surface area contributed by atoms with Gasteiger partial charge in [-0.25, -0.2) is 0 Å². The Bertz CT molecular complexity index is 424. The highest BCUT2D eigenvalue weighted by Gasteiger charge is 1.94. The van der Waals surface area contributed by atoms with Gasteiger partial charge in [-0.05, 0) is 11.4 Å². The van der Waals surface area contributed by atoms with Crippen molar-refractivity contribution in [3.63, 3.8) is 0 Å². The van der Waals surface area contributed by atoms with Gasteiger partial charge in [-0.2, -0.15) is 0 Å². The SMILES string of the molecule is CC.CC.[2H]c1ccc2ccccc2c1O. The maximum absolute atomic E-state index is 9.47. The lowest BCUT2D eigenvalue weighted by Gasteiger charge is -1.97. The van der Waals surface area contributed by atoms with Crippen LogP contribution in [0.5, 0.6) is 5.75 Å². The highest BCUT2D eigenvalue weighted by atomic mass is 16.3. The van der Waals surface area contributed by atoms with Crippen molar-refractivity contribution in [1.82, 2.24) is 0 Å². The van der Waals surface area contributed by atoms with E-state index in [1.165, 1.54) is 0 Å². The van der Waals surface area contributed by atoms with Gasteiger partial charge in [0.05, 0.1) is 1.37 Å². The number of rotatable bonds is 0. The normalized spacial score (nSPS) is 9.20. The van der Waals surface area contributed by atoms with E-state index in [1.807, 2.05) is 58.0 Å². The van der Waals surface area contributed by atoms with Gasteiger partial charge < -0.3 is 5.11 Å². The lowest BCUT2D eigenvalue weighted by atomic mass is 10.1. The van der Waals surface area contributed by atoms with E-state index in [2.05, 4.69) is 0 Å². The average Bonchev–Trinajstić information content (AvgIpc) is 2.39. The van der Waals surface area contributed by atoms with Crippen LogP contribution in [0.2, 0.25) is 0 Å². The van der Waals surface area contributed by atoms with Gasteiger partial charge in [0, 0.05) is 5.39 Å². The molecule has 0 heterocycles. The first-order valence-corrected chi connectivity index (χ1v) is 5.46. The van der Waals surface area contributed by atoms with Crippen LogP contribution in [0.25, 0.3) is 10.8 Å². The fourth-order valence-corrected chi connectivity index (χ4v) is 1.15. The smallest absolute Gasteiger partial charge is 0.123 e. The molecule has 0 unspecified atom stereocenters. The van der Waals surface area contributed by atoms with Crippen LogP contribution in [0.3, 0.4) is 0 Å². The molecular formula is C14H20O. The minimum absolute atomic E-state index is 0.0631. The van der Waals surface area contributed by atoms with Crippen LogP contribution in [0.15, 0.2) is 42.4 Å². The first-order chi connectivity index (χ1) is 7.79. The van der Waals surface area contributed by atoms with Crippen molar-refractivity contribution in [3.8, 4) is 5.75 Å². The predicted octanol–water partition coefficient (Wildman–Crippen LogP) is 4.60. The Hall–Kier alpha value is -1.50. The number of phenols is 1. The molecule has 1 heteroatoms. The molecule has 0 amide bonds. The molecule has 1 N–H and O–H groups in total. The van der Waals surface area contributed by atoms with Crippen LogP contribution in [-0.4, -0.2) is 5.11 Å². The first kappa shape index (κ1) is 11.6. The Morgan fingerprint density at radius 2 is 1.47 bits per heavy atom. The zero-order valence-electron chi connectivity index (χ0n) is 10.9. The molecule has 0 fully saturated rings. The largest absolute Gasteiger partial charge is 0.507 e. The summed E-state index contributed by atoms with van der Waals surface area (Å²) in [6, 6.07) is 11.1. The molecule has 2 aromatic carbocycles. The van der Waals surface area contributed by atoms with Crippen molar-refractivity contribution >= 4 is 10.8 Å². The Morgan fingerprint density at radius 1 is 0.933 bits per heavy atom. The third kappa shape index (κ3) is 3.62. The number of fused-ring (bicyclic) bond motifs is 1. The molecular weight excluding hydrogens is 184 g/mol. The molecule has 1 nitrogen and oxygen atoms in total. The van der Waals surface area contributed by atoms with Gasteiger partial charge in [0.15, 0.2) is 0 Å². The van der Waals surface area contributed by atoms with E-state index in [1.54, 1.807) is 6.07 Å². The van der Waals surface area contributed by atoms with Gasteiger partial charge in [-0.15, -0.1) is 0 Å². The summed E-state index contributed by atoms with van der Waals surface area (Å²) in [5, 5.41) is 11.2. The summed E-state index contributed by atoms with van der Waals surface area (Å²) < 4.78 is 7.35. The van der Waals surface area contributed by atoms with E-state index in [4.69, 9.17) is 1.37 Å². The maximum Gasteiger partial charge on any atom is 0.123 e. The van der Waals surface area contributed by atoms with Crippen LogP contribution < -0.4 is 0 Å². The van der Waals surface area contributed by atoms with Gasteiger partial charge in [0.25, 0.3) is 0 Å². The third-order valence-electron chi connectivity index (χ3n) is 1.70. The number of phenolic OH excluding ortho intramolecular Hbond substituents is 1. The molecule has 0 aliphatic heterocycles. The summed E-state index contributed by atoms with van der Waals surface area (Å²) in [6.45, 7) is 8.00. The third-order valence-corrected chi connectivity index (χ3v) is 1.70. The maximum atomic E-state index is 9.47. The van der Waals surface area contributed by atoms with Crippen molar-refractivity contribution < 1.29 is 6.48 Å². The van der Waals surface area contributed by atoms with Crippen molar-refractivity contribution in [2.75, 3.05) is 0 Å². The van der Waals surface area contributed by atoms with Crippen LogP contribution >= 0.6 is 0 Å². The summed E-state index contributed by atoms with van der Waals surface area (Å²) in [4.78, 5) is 0. The van der Waals surface area contributed by atoms with Gasteiger partial charge in [0.1, 0.15) is 5.75 Å². The molecule has 15 heavy (non-hydrogen) atoms. The van der Waals surface area contributed by atoms with E-state index >= 15 is 0 Å². The standard InChI is InChI=1S/C10H8O.2C2H6/c11-10-7-3-5-8-4-1-2-6-9(8)10;2*1-2/h1-7,11H;2*1-2H3/i7D;;. The Labute approximate surface area is 93.8 Å². The predicted molar refractivity (Wildman–Crippen MR) is 68.3 cm³/mol. The fraction of sp³-hybridized carbons (Fsp3) is 0.286. The molecule has 0 aliphatic carbocycles. The fourth-order valence-electron chi connectivity index (χ4n) is 1.15. The Morgan fingerprint density at radius 3 is 2.13 bits per heavy atom. The number of benzene rings is 2. The van der Waals surface area contributed by atoms with Crippen molar-refractivity contribution in [2.24, 2.45) is 0 Å². The van der Waals surface area contributed by atoms with Crippen molar-refractivity contribution in [3.05, 3.63) is 42.4 Å². The van der Waals surface area contributed by atoms with Crippen molar-refractivity contribution in [1.29, 1.82) is 0 Å². The average molecular weight is 205 g/mol. The van der Waals surface area contributed by atoms with Crippen LogP contribution in [0.4, 0.5) is 0 Å². The Balaban J connectivity index is 0.000000509.